The van der Waals surface area contributed by atoms with Crippen LogP contribution in [0.2, 0.25) is 19.6 Å². The van der Waals surface area contributed by atoms with E-state index in [1.54, 1.807) is 0 Å². The smallest absolute Gasteiger partial charge is 0.241 e. The third kappa shape index (κ3) is 7.95. The lowest BCUT2D eigenvalue weighted by atomic mass is 9.94. The van der Waals surface area contributed by atoms with Crippen molar-refractivity contribution in [2.75, 3.05) is 0 Å². The largest absolute Gasteiger partial charge is 0.548 e. The van der Waals surface area contributed by atoms with E-state index in [4.69, 9.17) is 4.43 Å². The number of hydrogen-bond acceptors (Lipinski definition) is 1. The van der Waals surface area contributed by atoms with Crippen molar-refractivity contribution in [2.24, 2.45) is 5.92 Å². The Bertz CT molecular complexity index is 376. The summed E-state index contributed by atoms with van der Waals surface area (Å²) in [6.07, 6.45) is 13.6. The van der Waals surface area contributed by atoms with Gasteiger partial charge in [0.25, 0.3) is 0 Å². The molecule has 19 heavy (non-hydrogen) atoms. The summed E-state index contributed by atoms with van der Waals surface area (Å²) in [7, 11) is -1.45. The zero-order valence-corrected chi connectivity index (χ0v) is 14.0. The minimum absolute atomic E-state index is 0.514. The third-order valence-corrected chi connectivity index (χ3v) is 3.86. The summed E-state index contributed by atoms with van der Waals surface area (Å²) in [5, 5.41) is 0. The quantitative estimate of drug-likeness (QED) is 0.377. The Morgan fingerprint density at radius 2 is 2.21 bits per heavy atom. The van der Waals surface area contributed by atoms with Crippen molar-refractivity contribution in [1.82, 2.24) is 0 Å². The average molecular weight is 276 g/mol. The lowest BCUT2D eigenvalue weighted by molar-refractivity contribution is 0.369. The second-order valence-electron chi connectivity index (χ2n) is 6.19. The minimum Gasteiger partial charge on any atom is -0.548 e. The van der Waals surface area contributed by atoms with E-state index in [0.717, 1.165) is 12.8 Å². The van der Waals surface area contributed by atoms with Crippen molar-refractivity contribution in [1.29, 1.82) is 0 Å². The molecule has 0 saturated heterocycles. The molecule has 0 aromatic heterocycles. The van der Waals surface area contributed by atoms with Gasteiger partial charge in [0.05, 0.1) is 5.76 Å². The van der Waals surface area contributed by atoms with Gasteiger partial charge in [0.2, 0.25) is 8.32 Å². The summed E-state index contributed by atoms with van der Waals surface area (Å²) in [6.45, 7) is 8.93. The molecule has 1 rings (SSSR count). The molecule has 0 aromatic rings. The number of hydrogen-bond donors (Lipinski definition) is 0. The fourth-order valence-electron chi connectivity index (χ4n) is 2.12. The Kier molecular flexibility index (Phi) is 7.01. The van der Waals surface area contributed by atoms with Gasteiger partial charge in [-0.3, -0.25) is 0 Å². The number of rotatable bonds is 5. The van der Waals surface area contributed by atoms with Gasteiger partial charge in [-0.25, -0.2) is 0 Å². The van der Waals surface area contributed by atoms with Gasteiger partial charge in [-0.05, 0) is 57.0 Å². The molecule has 0 amide bonds. The summed E-state index contributed by atoms with van der Waals surface area (Å²) in [6, 6.07) is 0. The molecule has 1 atom stereocenters. The fraction of sp³-hybridized carbons (Fsp3) is 0.647. The van der Waals surface area contributed by atoms with Crippen LogP contribution in [0.15, 0.2) is 24.0 Å². The highest BCUT2D eigenvalue weighted by atomic mass is 28.4. The van der Waals surface area contributed by atoms with Crippen molar-refractivity contribution in [3.05, 3.63) is 24.0 Å². The predicted molar refractivity (Wildman–Crippen MR) is 86.3 cm³/mol. The van der Waals surface area contributed by atoms with Crippen LogP contribution in [0.1, 0.15) is 45.4 Å². The molecule has 0 aromatic carbocycles. The molecular formula is C17H28OSi. The van der Waals surface area contributed by atoms with E-state index in [-0.39, 0.29) is 0 Å². The van der Waals surface area contributed by atoms with E-state index in [2.05, 4.69) is 50.6 Å². The first-order valence-electron chi connectivity index (χ1n) is 7.56. The molecule has 2 heteroatoms. The Hall–Kier alpha value is -0.943. The van der Waals surface area contributed by atoms with Gasteiger partial charge < -0.3 is 4.43 Å². The highest BCUT2D eigenvalue weighted by molar-refractivity contribution is 6.70. The molecule has 1 unspecified atom stereocenters. The molecule has 0 fully saturated rings. The predicted octanol–water partition coefficient (Wildman–Crippen LogP) is 5.27. The Labute approximate surface area is 120 Å². The van der Waals surface area contributed by atoms with Crippen LogP contribution in [0, 0.1) is 17.8 Å². The van der Waals surface area contributed by atoms with Crippen LogP contribution in [0.25, 0.3) is 0 Å². The number of allylic oxidation sites excluding steroid dienone is 4. The van der Waals surface area contributed by atoms with Crippen LogP contribution < -0.4 is 0 Å². The SMILES string of the molecule is CCCCC#C/C=C\C1C=C(O[Si](C)(C)C)CCC1. The second-order valence-corrected chi connectivity index (χ2v) is 10.6. The maximum absolute atomic E-state index is 6.10. The molecule has 1 aliphatic carbocycles. The summed E-state index contributed by atoms with van der Waals surface area (Å²) in [5.41, 5.74) is 0. The summed E-state index contributed by atoms with van der Waals surface area (Å²) in [4.78, 5) is 0. The lowest BCUT2D eigenvalue weighted by Gasteiger charge is -2.26. The third-order valence-electron chi connectivity index (χ3n) is 2.98. The fourth-order valence-corrected chi connectivity index (χ4v) is 3.07. The van der Waals surface area contributed by atoms with Crippen LogP contribution in [-0.2, 0) is 4.43 Å². The first-order chi connectivity index (χ1) is 9.01. The topological polar surface area (TPSA) is 9.23 Å². The van der Waals surface area contributed by atoms with Gasteiger partial charge in [0, 0.05) is 12.8 Å². The highest BCUT2D eigenvalue weighted by Gasteiger charge is 2.20. The molecular weight excluding hydrogens is 248 g/mol. The van der Waals surface area contributed by atoms with Crippen LogP contribution >= 0.6 is 0 Å². The molecule has 0 radical (unpaired) electrons. The highest BCUT2D eigenvalue weighted by Crippen LogP contribution is 2.26. The maximum Gasteiger partial charge on any atom is 0.241 e. The standard InChI is InChI=1S/C17H28OSi/c1-5-6-7-8-9-10-12-16-13-11-14-17(15-16)18-19(2,3)4/h10,12,15-16H,5-7,11,13-14H2,1-4H3/b12-10-. The van der Waals surface area contributed by atoms with Crippen LogP contribution in [0.3, 0.4) is 0 Å². The first kappa shape index (κ1) is 16.1. The van der Waals surface area contributed by atoms with Crippen molar-refractivity contribution >= 4 is 8.32 Å². The van der Waals surface area contributed by atoms with E-state index in [9.17, 15) is 0 Å². The van der Waals surface area contributed by atoms with E-state index in [1.165, 1.54) is 31.4 Å². The maximum atomic E-state index is 6.10. The Balaban J connectivity index is 2.47. The minimum atomic E-state index is -1.45. The van der Waals surface area contributed by atoms with Crippen molar-refractivity contribution < 1.29 is 4.43 Å². The number of unbranched alkanes of at least 4 members (excludes halogenated alkanes) is 2. The second kappa shape index (κ2) is 8.27. The molecule has 0 saturated carbocycles. The van der Waals surface area contributed by atoms with Gasteiger partial charge in [-0.15, -0.1) is 0 Å². The van der Waals surface area contributed by atoms with Crippen molar-refractivity contribution in [3.8, 4) is 11.8 Å². The summed E-state index contributed by atoms with van der Waals surface area (Å²) >= 11 is 0. The zero-order chi connectivity index (χ0) is 14.1. The Morgan fingerprint density at radius 1 is 1.42 bits per heavy atom. The van der Waals surface area contributed by atoms with Gasteiger partial charge in [-0.2, -0.15) is 0 Å². The normalized spacial score (nSPS) is 19.8. The van der Waals surface area contributed by atoms with Crippen LogP contribution in [-0.4, -0.2) is 8.32 Å². The summed E-state index contributed by atoms with van der Waals surface area (Å²) < 4.78 is 6.10. The monoisotopic (exact) mass is 276 g/mol. The van der Waals surface area contributed by atoms with Crippen LogP contribution in [0.5, 0.6) is 0 Å². The van der Waals surface area contributed by atoms with Crippen molar-refractivity contribution in [3.63, 3.8) is 0 Å². The first-order valence-corrected chi connectivity index (χ1v) is 11.0. The molecule has 0 N–H and O–H groups in total. The molecule has 0 heterocycles. The lowest BCUT2D eigenvalue weighted by Crippen LogP contribution is -2.25. The van der Waals surface area contributed by atoms with Gasteiger partial charge in [0.1, 0.15) is 0 Å². The zero-order valence-electron chi connectivity index (χ0n) is 13.0. The summed E-state index contributed by atoms with van der Waals surface area (Å²) in [5.74, 6) is 8.05. The van der Waals surface area contributed by atoms with Crippen molar-refractivity contribution in [2.45, 2.75) is 65.1 Å². The average Bonchev–Trinajstić information content (AvgIpc) is 2.32. The van der Waals surface area contributed by atoms with Gasteiger partial charge in [-0.1, -0.05) is 31.3 Å². The van der Waals surface area contributed by atoms with E-state index in [1.807, 2.05) is 6.08 Å². The molecule has 106 valence electrons. The van der Waals surface area contributed by atoms with E-state index >= 15 is 0 Å². The van der Waals surface area contributed by atoms with Crippen LogP contribution in [0.4, 0.5) is 0 Å². The molecule has 0 spiro atoms. The van der Waals surface area contributed by atoms with E-state index in [0.29, 0.717) is 5.92 Å². The van der Waals surface area contributed by atoms with Gasteiger partial charge >= 0.3 is 0 Å². The Morgan fingerprint density at radius 3 is 2.89 bits per heavy atom. The molecule has 0 bridgehead atoms. The molecule has 0 aliphatic heterocycles. The van der Waals surface area contributed by atoms with Gasteiger partial charge in [0.15, 0.2) is 0 Å². The molecule has 1 aliphatic rings. The van der Waals surface area contributed by atoms with E-state index < -0.39 is 8.32 Å². The molecule has 1 nitrogen and oxygen atoms in total.